The summed E-state index contributed by atoms with van der Waals surface area (Å²) in [6.45, 7) is 0. The van der Waals surface area contributed by atoms with Crippen LogP contribution in [0.5, 0.6) is 0 Å². The third kappa shape index (κ3) is 4.09. The summed E-state index contributed by atoms with van der Waals surface area (Å²) in [5.74, 6) is -1.36. The Morgan fingerprint density at radius 2 is 1.97 bits per heavy atom. The Labute approximate surface area is 198 Å². The van der Waals surface area contributed by atoms with Crippen LogP contribution in [-0.2, 0) is 20.8 Å². The molecule has 33 heavy (non-hydrogen) atoms. The number of fused-ring (bicyclic) bond motifs is 2. The van der Waals surface area contributed by atoms with Crippen LogP contribution < -0.4 is 5.32 Å². The van der Waals surface area contributed by atoms with E-state index in [1.807, 2.05) is 54.6 Å². The highest BCUT2D eigenvalue weighted by molar-refractivity contribution is 8.06. The van der Waals surface area contributed by atoms with E-state index in [4.69, 9.17) is 0 Å². The standard InChI is InChI=1S/C24H19N3O4S2/c28-19(11-14-5-2-1-3-6-14)26-20-22(29)27-21(24(30)31)18(13-32-23(20)27)33-17-8-4-7-15-12-25-10-9-16(15)17/h1-10,12,20,23H,11,13H2,(H,26,28)(H,30,31)/t20-,23-/m1/s1. The Morgan fingerprint density at radius 3 is 2.76 bits per heavy atom. The number of carbonyl (C=O) groups excluding carboxylic acids is 2. The lowest BCUT2D eigenvalue weighted by Crippen LogP contribution is -2.70. The van der Waals surface area contributed by atoms with Crippen LogP contribution in [0, 0.1) is 0 Å². The van der Waals surface area contributed by atoms with E-state index in [1.165, 1.54) is 28.4 Å². The molecule has 9 heteroatoms. The van der Waals surface area contributed by atoms with Crippen molar-refractivity contribution < 1.29 is 19.5 Å². The van der Waals surface area contributed by atoms with Crippen molar-refractivity contribution in [2.75, 3.05) is 5.75 Å². The van der Waals surface area contributed by atoms with Crippen molar-refractivity contribution in [2.45, 2.75) is 22.7 Å². The van der Waals surface area contributed by atoms with Crippen LogP contribution in [0.2, 0.25) is 0 Å². The van der Waals surface area contributed by atoms with Crippen LogP contribution >= 0.6 is 23.5 Å². The molecule has 3 aromatic rings. The molecule has 2 N–H and O–H groups in total. The molecule has 0 radical (unpaired) electrons. The zero-order valence-corrected chi connectivity index (χ0v) is 18.9. The number of amides is 2. The Bertz CT molecular complexity index is 1290. The van der Waals surface area contributed by atoms with Crippen molar-refractivity contribution in [1.82, 2.24) is 15.2 Å². The Balaban J connectivity index is 1.36. The molecule has 0 bridgehead atoms. The number of nitrogens with one attached hydrogen (secondary N) is 1. The van der Waals surface area contributed by atoms with Gasteiger partial charge in [-0.15, -0.1) is 11.8 Å². The van der Waals surface area contributed by atoms with Crippen molar-refractivity contribution in [3.8, 4) is 0 Å². The number of carbonyl (C=O) groups is 3. The maximum absolute atomic E-state index is 12.9. The van der Waals surface area contributed by atoms with Gasteiger partial charge in [0.1, 0.15) is 17.1 Å². The molecule has 7 nitrogen and oxygen atoms in total. The van der Waals surface area contributed by atoms with Crippen LogP contribution in [0.1, 0.15) is 5.56 Å². The van der Waals surface area contributed by atoms with Gasteiger partial charge in [-0.05, 0) is 23.1 Å². The van der Waals surface area contributed by atoms with Crippen molar-refractivity contribution >= 4 is 52.1 Å². The number of nitrogens with zero attached hydrogens (tertiary/aromatic N) is 2. The van der Waals surface area contributed by atoms with Crippen molar-refractivity contribution in [1.29, 1.82) is 0 Å². The molecule has 0 spiro atoms. The molecule has 1 aromatic heterocycles. The highest BCUT2D eigenvalue weighted by Crippen LogP contribution is 2.46. The zero-order chi connectivity index (χ0) is 22.9. The van der Waals surface area contributed by atoms with Gasteiger partial charge < -0.3 is 10.4 Å². The van der Waals surface area contributed by atoms with Gasteiger partial charge in [0, 0.05) is 33.3 Å². The van der Waals surface area contributed by atoms with E-state index in [-0.39, 0.29) is 18.0 Å². The van der Waals surface area contributed by atoms with Crippen LogP contribution in [-0.4, -0.2) is 49.9 Å². The maximum Gasteiger partial charge on any atom is 0.353 e. The molecule has 1 saturated heterocycles. The SMILES string of the molecule is O=C(Cc1ccccc1)N[C@@H]1C(=O)N2C(C(=O)O)=C(Sc3cccc4cnccc34)CS[C@H]12. The van der Waals surface area contributed by atoms with Gasteiger partial charge in [0.25, 0.3) is 5.91 Å². The second-order valence-electron chi connectivity index (χ2n) is 7.65. The molecule has 1 fully saturated rings. The number of hydrogen-bond donors (Lipinski definition) is 2. The number of pyridine rings is 1. The van der Waals surface area contributed by atoms with E-state index in [9.17, 15) is 19.5 Å². The zero-order valence-electron chi connectivity index (χ0n) is 17.3. The van der Waals surface area contributed by atoms with Crippen LogP contribution in [0.3, 0.4) is 0 Å². The summed E-state index contributed by atoms with van der Waals surface area (Å²) < 4.78 is 0. The number of benzene rings is 2. The Kier molecular flexibility index (Phi) is 5.82. The Hall–Kier alpha value is -3.30. The average Bonchev–Trinajstić information content (AvgIpc) is 2.83. The highest BCUT2D eigenvalue weighted by Gasteiger charge is 2.54. The molecule has 0 unspecified atom stereocenters. The Morgan fingerprint density at radius 1 is 1.15 bits per heavy atom. The number of hydrogen-bond acceptors (Lipinski definition) is 6. The third-order valence-electron chi connectivity index (χ3n) is 5.53. The van der Waals surface area contributed by atoms with Gasteiger partial charge in [0.15, 0.2) is 0 Å². The second kappa shape index (κ2) is 8.92. The lowest BCUT2D eigenvalue weighted by Gasteiger charge is -2.49. The fourth-order valence-electron chi connectivity index (χ4n) is 3.99. The highest BCUT2D eigenvalue weighted by atomic mass is 32.2. The van der Waals surface area contributed by atoms with E-state index in [0.29, 0.717) is 10.7 Å². The van der Waals surface area contributed by atoms with Crippen molar-refractivity contribution in [3.63, 3.8) is 0 Å². The molecule has 2 amide bonds. The predicted octanol–water partition coefficient (Wildman–Crippen LogP) is 3.27. The van der Waals surface area contributed by atoms with E-state index < -0.39 is 23.3 Å². The summed E-state index contributed by atoms with van der Waals surface area (Å²) in [6.07, 6.45) is 3.63. The third-order valence-corrected chi connectivity index (χ3v) is 8.16. The molecule has 2 aromatic carbocycles. The van der Waals surface area contributed by atoms with Gasteiger partial charge >= 0.3 is 5.97 Å². The minimum Gasteiger partial charge on any atom is -0.477 e. The van der Waals surface area contributed by atoms with E-state index in [0.717, 1.165) is 21.2 Å². The van der Waals surface area contributed by atoms with Gasteiger partial charge in [-0.2, -0.15) is 0 Å². The molecule has 2 aliphatic rings. The molecule has 2 atom stereocenters. The lowest BCUT2D eigenvalue weighted by molar-refractivity contribution is -0.150. The fraction of sp³-hybridized carbons (Fsp3) is 0.167. The average molecular weight is 478 g/mol. The molecule has 2 aliphatic heterocycles. The first-order chi connectivity index (χ1) is 16.0. The normalized spacial score (nSPS) is 19.8. The van der Waals surface area contributed by atoms with Crippen LogP contribution in [0.4, 0.5) is 0 Å². The largest absolute Gasteiger partial charge is 0.477 e. The van der Waals surface area contributed by atoms with Crippen molar-refractivity contribution in [3.05, 3.63) is 83.2 Å². The summed E-state index contributed by atoms with van der Waals surface area (Å²) in [6, 6.07) is 16.2. The maximum atomic E-state index is 12.9. The van der Waals surface area contributed by atoms with Gasteiger partial charge in [-0.1, -0.05) is 54.2 Å². The summed E-state index contributed by atoms with van der Waals surface area (Å²) >= 11 is 2.82. The molecule has 0 aliphatic carbocycles. The second-order valence-corrected chi connectivity index (χ2v) is 9.89. The minimum absolute atomic E-state index is 0.00614. The molecule has 3 heterocycles. The minimum atomic E-state index is -1.15. The predicted molar refractivity (Wildman–Crippen MR) is 127 cm³/mol. The van der Waals surface area contributed by atoms with Gasteiger partial charge in [0.05, 0.1) is 6.42 Å². The number of thioether (sulfide) groups is 2. The van der Waals surface area contributed by atoms with Gasteiger partial charge in [0.2, 0.25) is 5.91 Å². The summed E-state index contributed by atoms with van der Waals surface area (Å²) in [7, 11) is 0. The number of carboxylic acid groups (broad SMARTS) is 1. The van der Waals surface area contributed by atoms with E-state index >= 15 is 0 Å². The topological polar surface area (TPSA) is 99.6 Å². The number of β-lactam (4-membered cyclic amide) rings is 1. The lowest BCUT2D eigenvalue weighted by atomic mass is 10.0. The van der Waals surface area contributed by atoms with Crippen LogP contribution in [0.15, 0.2) is 82.5 Å². The molecular weight excluding hydrogens is 458 g/mol. The number of rotatable bonds is 6. The van der Waals surface area contributed by atoms with E-state index in [2.05, 4.69) is 10.3 Å². The monoisotopic (exact) mass is 477 g/mol. The van der Waals surface area contributed by atoms with Gasteiger partial charge in [-0.3, -0.25) is 19.5 Å². The molecular formula is C24H19N3O4S2. The summed E-state index contributed by atoms with van der Waals surface area (Å²) in [4.78, 5) is 44.5. The quantitative estimate of drug-likeness (QED) is 0.526. The first-order valence-electron chi connectivity index (χ1n) is 10.3. The molecule has 0 saturated carbocycles. The van der Waals surface area contributed by atoms with Gasteiger partial charge in [-0.25, -0.2) is 4.79 Å². The number of aliphatic carboxylic acids is 1. The van der Waals surface area contributed by atoms with E-state index in [1.54, 1.807) is 12.4 Å². The smallest absolute Gasteiger partial charge is 0.353 e. The first-order valence-corrected chi connectivity index (χ1v) is 12.1. The summed E-state index contributed by atoms with van der Waals surface area (Å²) in [5, 5.41) is 14.2. The summed E-state index contributed by atoms with van der Waals surface area (Å²) in [5.41, 5.74) is 0.846. The van der Waals surface area contributed by atoms with Crippen molar-refractivity contribution in [2.24, 2.45) is 0 Å². The molecule has 166 valence electrons. The fourth-order valence-corrected chi connectivity index (χ4v) is 6.61. The molecule has 5 rings (SSSR count). The number of aromatic nitrogens is 1. The number of carboxylic acids is 1. The van der Waals surface area contributed by atoms with Crippen LogP contribution in [0.25, 0.3) is 10.8 Å². The first kappa shape index (κ1) is 21.5.